The molecule has 0 spiro atoms. The molecule has 0 unspecified atom stereocenters. The number of ketones is 1. The summed E-state index contributed by atoms with van der Waals surface area (Å²) in [5.41, 5.74) is 7.86. The molecule has 3 heteroatoms. The molecule has 0 bridgehead atoms. The predicted molar refractivity (Wildman–Crippen MR) is 53.1 cm³/mol. The first kappa shape index (κ1) is 8.57. The average Bonchev–Trinajstić information content (AvgIpc) is 2.07. The minimum absolute atomic E-state index is 0.162. The third kappa shape index (κ3) is 1.42. The lowest BCUT2D eigenvalue weighted by Crippen LogP contribution is -2.11. The zero-order valence-electron chi connectivity index (χ0n) is 7.14. The number of nitrogen functional groups attached to an aromatic ring is 1. The van der Waals surface area contributed by atoms with Gasteiger partial charge in [0.1, 0.15) is 0 Å². The van der Waals surface area contributed by atoms with E-state index in [9.17, 15) is 4.79 Å². The van der Waals surface area contributed by atoms with Crippen molar-refractivity contribution in [3.63, 3.8) is 0 Å². The van der Waals surface area contributed by atoms with Crippen LogP contribution in [-0.4, -0.2) is 5.78 Å². The molecule has 0 aliphatic heterocycles. The van der Waals surface area contributed by atoms with Crippen molar-refractivity contribution in [3.05, 3.63) is 28.3 Å². The van der Waals surface area contributed by atoms with Crippen LogP contribution < -0.4 is 5.73 Å². The number of hydrogen-bond acceptors (Lipinski definition) is 2. The van der Waals surface area contributed by atoms with Gasteiger partial charge in [0, 0.05) is 22.7 Å². The van der Waals surface area contributed by atoms with E-state index >= 15 is 0 Å². The lowest BCUT2D eigenvalue weighted by molar-refractivity contribution is 0.0972. The second-order valence-electron chi connectivity index (χ2n) is 3.31. The zero-order valence-corrected chi connectivity index (χ0v) is 7.90. The van der Waals surface area contributed by atoms with Crippen molar-refractivity contribution in [3.8, 4) is 0 Å². The molecule has 0 saturated carbocycles. The quantitative estimate of drug-likeness (QED) is 0.647. The Morgan fingerprint density at radius 3 is 2.85 bits per heavy atom. The van der Waals surface area contributed by atoms with Gasteiger partial charge in [-0.15, -0.1) is 0 Å². The van der Waals surface area contributed by atoms with Gasteiger partial charge in [0.15, 0.2) is 5.78 Å². The number of rotatable bonds is 0. The van der Waals surface area contributed by atoms with Gasteiger partial charge >= 0.3 is 0 Å². The highest BCUT2D eigenvalue weighted by Gasteiger charge is 2.19. The SMILES string of the molecule is Nc1cc(Cl)c2c(c1)C(=O)CCC2. The minimum atomic E-state index is 0.162. The molecule has 1 aliphatic carbocycles. The number of carbonyl (C=O) groups is 1. The molecule has 0 amide bonds. The average molecular weight is 196 g/mol. The third-order valence-electron chi connectivity index (χ3n) is 2.35. The molecule has 0 atom stereocenters. The van der Waals surface area contributed by atoms with Gasteiger partial charge in [-0.2, -0.15) is 0 Å². The smallest absolute Gasteiger partial charge is 0.163 e. The number of anilines is 1. The number of Topliss-reactive ketones (excluding diaryl/α,β-unsaturated/α-hetero) is 1. The molecule has 2 nitrogen and oxygen atoms in total. The molecular formula is C10H10ClNO. The molecule has 13 heavy (non-hydrogen) atoms. The van der Waals surface area contributed by atoms with E-state index in [0.717, 1.165) is 24.0 Å². The van der Waals surface area contributed by atoms with E-state index in [4.69, 9.17) is 17.3 Å². The molecule has 1 aliphatic rings. The summed E-state index contributed by atoms with van der Waals surface area (Å²) in [5.74, 6) is 0.162. The third-order valence-corrected chi connectivity index (χ3v) is 2.69. The largest absolute Gasteiger partial charge is 0.399 e. The molecular weight excluding hydrogens is 186 g/mol. The number of fused-ring (bicyclic) bond motifs is 1. The first-order chi connectivity index (χ1) is 6.18. The molecule has 0 aromatic heterocycles. The van der Waals surface area contributed by atoms with Crippen LogP contribution in [0.4, 0.5) is 5.69 Å². The monoisotopic (exact) mass is 195 g/mol. The van der Waals surface area contributed by atoms with Crippen molar-refractivity contribution in [2.24, 2.45) is 0 Å². The summed E-state index contributed by atoms with van der Waals surface area (Å²) in [5, 5.41) is 0.628. The molecule has 0 heterocycles. The lowest BCUT2D eigenvalue weighted by atomic mass is 9.90. The van der Waals surface area contributed by atoms with E-state index in [0.29, 0.717) is 17.1 Å². The number of hydrogen-bond donors (Lipinski definition) is 1. The van der Waals surface area contributed by atoms with Crippen LogP contribution in [0.2, 0.25) is 5.02 Å². The van der Waals surface area contributed by atoms with E-state index in [2.05, 4.69) is 0 Å². The number of nitrogens with two attached hydrogens (primary N) is 1. The Bertz CT molecular complexity index is 373. The second-order valence-corrected chi connectivity index (χ2v) is 3.71. The van der Waals surface area contributed by atoms with E-state index in [1.807, 2.05) is 0 Å². The van der Waals surface area contributed by atoms with Crippen molar-refractivity contribution in [2.45, 2.75) is 19.3 Å². The van der Waals surface area contributed by atoms with Gasteiger partial charge in [-0.3, -0.25) is 4.79 Å². The van der Waals surface area contributed by atoms with Gasteiger partial charge in [0.05, 0.1) is 0 Å². The van der Waals surface area contributed by atoms with E-state index in [-0.39, 0.29) is 5.78 Å². The number of carbonyl (C=O) groups excluding carboxylic acids is 1. The van der Waals surface area contributed by atoms with Crippen LogP contribution in [-0.2, 0) is 6.42 Å². The maximum atomic E-state index is 11.5. The Morgan fingerprint density at radius 1 is 1.31 bits per heavy atom. The molecule has 0 radical (unpaired) electrons. The van der Waals surface area contributed by atoms with Crippen LogP contribution in [0.3, 0.4) is 0 Å². The Labute approximate surface area is 81.7 Å². The molecule has 0 saturated heterocycles. The van der Waals surface area contributed by atoms with Gasteiger partial charge in [-0.25, -0.2) is 0 Å². The van der Waals surface area contributed by atoms with Crippen LogP contribution in [0.1, 0.15) is 28.8 Å². The van der Waals surface area contributed by atoms with E-state index in [1.54, 1.807) is 12.1 Å². The molecule has 2 N–H and O–H groups in total. The predicted octanol–water partition coefficient (Wildman–Crippen LogP) is 2.44. The number of benzene rings is 1. The Morgan fingerprint density at radius 2 is 2.08 bits per heavy atom. The summed E-state index contributed by atoms with van der Waals surface area (Å²) < 4.78 is 0. The summed E-state index contributed by atoms with van der Waals surface area (Å²) in [6, 6.07) is 3.43. The van der Waals surface area contributed by atoms with Gasteiger partial charge < -0.3 is 5.73 Å². The summed E-state index contributed by atoms with van der Waals surface area (Å²) >= 11 is 5.98. The van der Waals surface area contributed by atoms with Gasteiger partial charge in [0.2, 0.25) is 0 Å². The van der Waals surface area contributed by atoms with Crippen molar-refractivity contribution < 1.29 is 4.79 Å². The van der Waals surface area contributed by atoms with Crippen molar-refractivity contribution in [1.82, 2.24) is 0 Å². The molecule has 0 fully saturated rings. The van der Waals surface area contributed by atoms with E-state index in [1.165, 1.54) is 0 Å². The molecule has 68 valence electrons. The number of halogens is 1. The fourth-order valence-electron chi connectivity index (χ4n) is 1.72. The maximum Gasteiger partial charge on any atom is 0.163 e. The van der Waals surface area contributed by atoms with Crippen LogP contribution in [0.25, 0.3) is 0 Å². The summed E-state index contributed by atoms with van der Waals surface area (Å²) in [4.78, 5) is 11.5. The maximum absolute atomic E-state index is 11.5. The summed E-state index contributed by atoms with van der Waals surface area (Å²) in [6.07, 6.45) is 2.41. The minimum Gasteiger partial charge on any atom is -0.399 e. The first-order valence-corrected chi connectivity index (χ1v) is 4.67. The fraction of sp³-hybridized carbons (Fsp3) is 0.300. The molecule has 1 aromatic carbocycles. The summed E-state index contributed by atoms with van der Waals surface area (Å²) in [6.45, 7) is 0. The van der Waals surface area contributed by atoms with Gasteiger partial charge in [-0.1, -0.05) is 11.6 Å². The normalized spacial score (nSPS) is 15.6. The Hall–Kier alpha value is -1.02. The second kappa shape index (κ2) is 3.04. The lowest BCUT2D eigenvalue weighted by Gasteiger charge is -2.16. The zero-order chi connectivity index (χ0) is 9.42. The van der Waals surface area contributed by atoms with Gasteiger partial charge in [0.25, 0.3) is 0 Å². The highest BCUT2D eigenvalue weighted by molar-refractivity contribution is 6.32. The Kier molecular flexibility index (Phi) is 2.00. The fourth-order valence-corrected chi connectivity index (χ4v) is 2.04. The molecule has 1 aromatic rings. The van der Waals surface area contributed by atoms with E-state index < -0.39 is 0 Å². The van der Waals surface area contributed by atoms with Crippen LogP contribution in [0.5, 0.6) is 0 Å². The summed E-state index contributed by atoms with van der Waals surface area (Å²) in [7, 11) is 0. The van der Waals surface area contributed by atoms with Crippen LogP contribution in [0, 0.1) is 0 Å². The van der Waals surface area contributed by atoms with Crippen molar-refractivity contribution >= 4 is 23.1 Å². The highest BCUT2D eigenvalue weighted by Crippen LogP contribution is 2.29. The van der Waals surface area contributed by atoms with Crippen LogP contribution >= 0.6 is 11.6 Å². The molecule has 2 rings (SSSR count). The van der Waals surface area contributed by atoms with Crippen molar-refractivity contribution in [1.29, 1.82) is 0 Å². The standard InChI is InChI=1S/C10H10ClNO/c11-9-5-6(12)4-8-7(9)2-1-3-10(8)13/h4-5H,1-3,12H2. The highest BCUT2D eigenvalue weighted by atomic mass is 35.5. The topological polar surface area (TPSA) is 43.1 Å². The van der Waals surface area contributed by atoms with Crippen molar-refractivity contribution in [2.75, 3.05) is 5.73 Å². The first-order valence-electron chi connectivity index (χ1n) is 4.29. The Balaban J connectivity index is 2.63. The van der Waals surface area contributed by atoms with Crippen LogP contribution in [0.15, 0.2) is 12.1 Å². The van der Waals surface area contributed by atoms with Gasteiger partial charge in [-0.05, 0) is 30.5 Å².